The summed E-state index contributed by atoms with van der Waals surface area (Å²) in [6, 6.07) is 13.2. The Kier molecular flexibility index (Phi) is 6.35. The van der Waals surface area contributed by atoms with Gasteiger partial charge in [-0.1, -0.05) is 39.8 Å². The molecule has 5 nitrogen and oxygen atoms in total. The topological polar surface area (TPSA) is 67.4 Å². The van der Waals surface area contributed by atoms with Crippen LogP contribution < -0.4 is 10.6 Å². The zero-order valence-electron chi connectivity index (χ0n) is 16.0. The van der Waals surface area contributed by atoms with Crippen molar-refractivity contribution in [3.8, 4) is 0 Å². The Balaban J connectivity index is 1.51. The molecular formula is C21H23BrN2O3S. The van der Waals surface area contributed by atoms with E-state index in [0.29, 0.717) is 18.5 Å². The van der Waals surface area contributed by atoms with Crippen molar-refractivity contribution in [3.63, 3.8) is 0 Å². The largest absolute Gasteiger partial charge is 0.456 e. The molecule has 0 bridgehead atoms. The number of ether oxygens (including phenoxy) is 1. The molecule has 1 aliphatic rings. The van der Waals surface area contributed by atoms with E-state index < -0.39 is 5.60 Å². The molecule has 1 atom stereocenters. The molecule has 2 aromatic carbocycles. The highest BCUT2D eigenvalue weighted by atomic mass is 79.9. The number of fused-ring (bicyclic) bond motifs is 1. The van der Waals surface area contributed by atoms with E-state index in [4.69, 9.17) is 4.74 Å². The maximum atomic E-state index is 12.3. The highest BCUT2D eigenvalue weighted by Gasteiger charge is 2.24. The summed E-state index contributed by atoms with van der Waals surface area (Å²) in [7, 11) is 0. The van der Waals surface area contributed by atoms with Crippen molar-refractivity contribution in [1.82, 2.24) is 5.32 Å². The van der Waals surface area contributed by atoms with Gasteiger partial charge in [0, 0.05) is 21.6 Å². The number of thioether (sulfide) groups is 1. The van der Waals surface area contributed by atoms with Gasteiger partial charge in [0.05, 0.1) is 17.4 Å². The molecule has 148 valence electrons. The first-order chi connectivity index (χ1) is 13.2. The van der Waals surface area contributed by atoms with Crippen LogP contribution in [0.5, 0.6) is 0 Å². The number of amides is 1. The smallest absolute Gasteiger partial charge is 0.338 e. The van der Waals surface area contributed by atoms with Crippen LogP contribution in [0, 0.1) is 0 Å². The Hall–Kier alpha value is -1.99. The molecule has 7 heteroatoms. The van der Waals surface area contributed by atoms with E-state index in [9.17, 15) is 9.59 Å². The molecule has 28 heavy (non-hydrogen) atoms. The predicted molar refractivity (Wildman–Crippen MR) is 115 cm³/mol. The summed E-state index contributed by atoms with van der Waals surface area (Å²) in [5, 5.41) is 6.29. The van der Waals surface area contributed by atoms with E-state index >= 15 is 0 Å². The van der Waals surface area contributed by atoms with Gasteiger partial charge in [-0.25, -0.2) is 4.79 Å². The van der Waals surface area contributed by atoms with Gasteiger partial charge < -0.3 is 15.4 Å². The van der Waals surface area contributed by atoms with E-state index in [2.05, 4.69) is 26.6 Å². The van der Waals surface area contributed by atoms with Gasteiger partial charge in [-0.3, -0.25) is 4.79 Å². The third kappa shape index (κ3) is 5.75. The van der Waals surface area contributed by atoms with E-state index in [1.54, 1.807) is 30.0 Å². The molecule has 0 saturated carbocycles. The first kappa shape index (κ1) is 20.7. The number of benzene rings is 2. The van der Waals surface area contributed by atoms with Crippen LogP contribution >= 0.6 is 27.7 Å². The quantitative estimate of drug-likeness (QED) is 0.614. The highest BCUT2D eigenvalue weighted by molar-refractivity contribution is 9.10. The molecule has 0 fully saturated rings. The third-order valence-corrected chi connectivity index (χ3v) is 5.61. The van der Waals surface area contributed by atoms with E-state index in [1.165, 1.54) is 0 Å². The Morgan fingerprint density at radius 2 is 2.00 bits per heavy atom. The number of esters is 1. The third-order valence-electron chi connectivity index (χ3n) is 3.95. The molecule has 2 N–H and O–H groups in total. The van der Waals surface area contributed by atoms with Crippen molar-refractivity contribution in [1.29, 1.82) is 0 Å². The summed E-state index contributed by atoms with van der Waals surface area (Å²) in [6.07, 6.45) is 0.364. The second-order valence-corrected chi connectivity index (χ2v) is 9.73. The summed E-state index contributed by atoms with van der Waals surface area (Å²) in [4.78, 5) is 25.7. The lowest BCUT2D eigenvalue weighted by Crippen LogP contribution is -2.28. The average Bonchev–Trinajstić information content (AvgIpc) is 3.00. The van der Waals surface area contributed by atoms with E-state index in [1.807, 2.05) is 45.0 Å². The van der Waals surface area contributed by atoms with E-state index in [0.717, 1.165) is 20.6 Å². The molecule has 0 aliphatic carbocycles. The van der Waals surface area contributed by atoms with Crippen molar-refractivity contribution >= 4 is 45.3 Å². The van der Waals surface area contributed by atoms with Crippen LogP contribution in [-0.4, -0.2) is 22.9 Å². The molecule has 2 aromatic rings. The molecule has 0 aromatic heterocycles. The minimum absolute atomic E-state index is 0.0115. The SMILES string of the molecule is CC(C)(C)OC(=O)c1cccc(CNC(=O)CC2Nc3ccc(Br)cc3S2)c1. The van der Waals surface area contributed by atoms with Gasteiger partial charge in [-0.05, 0) is 56.7 Å². The van der Waals surface area contributed by atoms with Crippen molar-refractivity contribution < 1.29 is 14.3 Å². The fourth-order valence-electron chi connectivity index (χ4n) is 2.75. The Bertz CT molecular complexity index is 895. The lowest BCUT2D eigenvalue weighted by molar-refractivity contribution is -0.121. The van der Waals surface area contributed by atoms with Crippen LogP contribution in [0.4, 0.5) is 5.69 Å². The molecule has 0 spiro atoms. The summed E-state index contributed by atoms with van der Waals surface area (Å²) >= 11 is 5.11. The van der Waals surface area contributed by atoms with Gasteiger partial charge in [-0.15, -0.1) is 0 Å². The molecule has 1 amide bonds. The fraction of sp³-hybridized carbons (Fsp3) is 0.333. The molecular weight excluding hydrogens is 440 g/mol. The second-order valence-electron chi connectivity index (χ2n) is 7.57. The summed E-state index contributed by atoms with van der Waals surface area (Å²) in [6.45, 7) is 5.87. The summed E-state index contributed by atoms with van der Waals surface area (Å²) < 4.78 is 6.42. The second kappa shape index (κ2) is 8.57. The molecule has 1 aliphatic heterocycles. The number of rotatable bonds is 5. The average molecular weight is 463 g/mol. The van der Waals surface area contributed by atoms with Crippen LogP contribution in [0.2, 0.25) is 0 Å². The number of halogens is 1. The Morgan fingerprint density at radius 3 is 2.75 bits per heavy atom. The van der Waals surface area contributed by atoms with Crippen molar-refractivity contribution in [2.75, 3.05) is 5.32 Å². The van der Waals surface area contributed by atoms with Crippen molar-refractivity contribution in [2.24, 2.45) is 0 Å². The van der Waals surface area contributed by atoms with Crippen LogP contribution in [0.3, 0.4) is 0 Å². The number of carbonyl (C=O) groups excluding carboxylic acids is 2. The van der Waals surface area contributed by atoms with Crippen molar-refractivity contribution in [2.45, 2.75) is 49.6 Å². The maximum absolute atomic E-state index is 12.3. The zero-order valence-corrected chi connectivity index (χ0v) is 18.4. The Morgan fingerprint density at radius 1 is 1.21 bits per heavy atom. The van der Waals surface area contributed by atoms with Crippen molar-refractivity contribution in [3.05, 3.63) is 58.1 Å². The fourth-order valence-corrected chi connectivity index (χ4v) is 4.44. The molecule has 0 radical (unpaired) electrons. The first-order valence-corrected chi connectivity index (χ1v) is 10.7. The van der Waals surface area contributed by atoms with Gasteiger partial charge in [-0.2, -0.15) is 0 Å². The number of hydrogen-bond acceptors (Lipinski definition) is 5. The maximum Gasteiger partial charge on any atom is 0.338 e. The molecule has 0 saturated heterocycles. The van der Waals surface area contributed by atoms with Gasteiger partial charge in [0.2, 0.25) is 5.91 Å². The van der Waals surface area contributed by atoms with Crippen LogP contribution in [0.15, 0.2) is 51.8 Å². The minimum atomic E-state index is -0.541. The van der Waals surface area contributed by atoms with Crippen LogP contribution in [-0.2, 0) is 16.1 Å². The van der Waals surface area contributed by atoms with Crippen LogP contribution in [0.1, 0.15) is 43.1 Å². The molecule has 1 heterocycles. The molecule has 1 unspecified atom stereocenters. The molecule has 3 rings (SSSR count). The minimum Gasteiger partial charge on any atom is -0.456 e. The van der Waals surface area contributed by atoms with Gasteiger partial charge in [0.25, 0.3) is 0 Å². The lowest BCUT2D eigenvalue weighted by Gasteiger charge is -2.19. The lowest BCUT2D eigenvalue weighted by atomic mass is 10.1. The number of carbonyl (C=O) groups is 2. The van der Waals surface area contributed by atoms with Gasteiger partial charge in [0.15, 0.2) is 0 Å². The van der Waals surface area contributed by atoms with E-state index in [-0.39, 0.29) is 17.3 Å². The highest BCUT2D eigenvalue weighted by Crippen LogP contribution is 2.40. The standard InChI is InChI=1S/C21H23BrN2O3S/c1-21(2,3)27-20(26)14-6-4-5-13(9-14)12-23-18(25)11-19-24-16-8-7-15(22)10-17(16)28-19/h4-10,19,24H,11-12H2,1-3H3,(H,23,25). The normalized spacial score (nSPS) is 15.5. The van der Waals surface area contributed by atoms with Crippen LogP contribution in [0.25, 0.3) is 0 Å². The Labute approximate surface area is 177 Å². The monoisotopic (exact) mass is 462 g/mol. The first-order valence-electron chi connectivity index (χ1n) is 9.01. The summed E-state index contributed by atoms with van der Waals surface area (Å²) in [5.74, 6) is -0.407. The summed E-state index contributed by atoms with van der Waals surface area (Å²) in [5.41, 5.74) is 1.85. The van der Waals surface area contributed by atoms with Gasteiger partial charge in [0.1, 0.15) is 5.60 Å². The number of hydrogen-bond donors (Lipinski definition) is 2. The van der Waals surface area contributed by atoms with Gasteiger partial charge >= 0.3 is 5.97 Å². The predicted octanol–water partition coefficient (Wildman–Crippen LogP) is 4.95. The number of anilines is 1. The number of nitrogens with one attached hydrogen (secondary N) is 2. The zero-order chi connectivity index (χ0) is 20.3.